The van der Waals surface area contributed by atoms with Crippen LogP contribution in [0.5, 0.6) is 5.75 Å². The van der Waals surface area contributed by atoms with E-state index in [0.29, 0.717) is 75.8 Å². The lowest BCUT2D eigenvalue weighted by Gasteiger charge is -2.42. The molecule has 0 N–H and O–H groups in total. The van der Waals surface area contributed by atoms with E-state index in [1.165, 1.54) is 6.07 Å². The summed E-state index contributed by atoms with van der Waals surface area (Å²) in [5.74, 6) is 4.82. The summed E-state index contributed by atoms with van der Waals surface area (Å²) < 4.78 is 35.1. The number of carbonyl (C=O) groups is 1. The molecule has 7 rings (SSSR count). The Hall–Kier alpha value is -4.12. The predicted octanol–water partition coefficient (Wildman–Crippen LogP) is 9.00. The van der Waals surface area contributed by atoms with Gasteiger partial charge in [0.1, 0.15) is 31.1 Å². The quantitative estimate of drug-likeness (QED) is 0.0983. The number of aromatic nitrogens is 3. The van der Waals surface area contributed by atoms with Crippen molar-refractivity contribution in [2.24, 2.45) is 0 Å². The van der Waals surface area contributed by atoms with Gasteiger partial charge in [-0.25, -0.2) is 14.0 Å². The number of pyridine rings is 1. The van der Waals surface area contributed by atoms with Crippen LogP contribution in [0.4, 0.5) is 15.0 Å². The van der Waals surface area contributed by atoms with Crippen LogP contribution in [-0.2, 0) is 16.0 Å². The third kappa shape index (κ3) is 7.06. The lowest BCUT2D eigenvalue weighted by atomic mass is 9.96. The van der Waals surface area contributed by atoms with Crippen LogP contribution in [0.25, 0.3) is 32.9 Å². The molecule has 2 fully saturated rings. The summed E-state index contributed by atoms with van der Waals surface area (Å²) in [6.07, 6.45) is 3.20. The standard InChI is InChI=1S/C43H54FN5O5SSi/c1-25(2)56(26(3)4,27(5)6)18-15-32-35(44)14-11-28-19-31(53-24-52-10)20-33(36(28)32)37-39-38-34(21-45-37)40(46-41(50)48(38)16-17-55-39)47-22-29-12-13-30(23-47)49(29)42(51)54-43(7,8)9/h11,14,19-21,25-27,29-30H,12-13,16-17,22-24H2,1-10H3. The third-order valence-corrected chi connectivity index (χ3v) is 19.2. The first kappa shape index (κ1) is 40.1. The molecule has 298 valence electrons. The molecule has 13 heteroatoms. The van der Waals surface area contributed by atoms with Crippen molar-refractivity contribution in [3.63, 3.8) is 0 Å². The summed E-state index contributed by atoms with van der Waals surface area (Å²) in [6, 6.07) is 6.91. The van der Waals surface area contributed by atoms with E-state index < -0.39 is 13.7 Å². The van der Waals surface area contributed by atoms with E-state index in [2.05, 4.69) is 62.9 Å². The Labute approximate surface area is 334 Å². The molecular weight excluding hydrogens is 746 g/mol. The van der Waals surface area contributed by atoms with Crippen molar-refractivity contribution in [3.8, 4) is 28.5 Å². The van der Waals surface area contributed by atoms with E-state index in [-0.39, 0.29) is 36.5 Å². The number of benzene rings is 2. The Bertz CT molecular complexity index is 2280. The molecule has 0 aliphatic carbocycles. The molecule has 5 heterocycles. The molecule has 4 aromatic rings. The molecule has 56 heavy (non-hydrogen) atoms. The second-order valence-corrected chi connectivity index (χ2v) is 24.0. The first-order valence-corrected chi connectivity index (χ1v) is 23.0. The summed E-state index contributed by atoms with van der Waals surface area (Å²) >= 11 is 1.63. The fourth-order valence-corrected chi connectivity index (χ4v) is 15.8. The number of fused-ring (bicyclic) bond motifs is 3. The molecule has 10 nitrogen and oxygen atoms in total. The maximum absolute atomic E-state index is 16.3. The highest BCUT2D eigenvalue weighted by atomic mass is 32.2. The number of halogens is 1. The molecular formula is C43H54FN5O5SSi. The van der Waals surface area contributed by atoms with Crippen molar-refractivity contribution < 1.29 is 23.4 Å². The lowest BCUT2D eigenvalue weighted by molar-refractivity contribution is 0.0123. The van der Waals surface area contributed by atoms with Crippen molar-refractivity contribution >= 4 is 53.4 Å². The van der Waals surface area contributed by atoms with Crippen LogP contribution in [0.15, 0.2) is 40.2 Å². The highest BCUT2D eigenvalue weighted by Gasteiger charge is 2.45. The second-order valence-electron chi connectivity index (χ2n) is 17.3. The molecule has 0 radical (unpaired) electrons. The summed E-state index contributed by atoms with van der Waals surface area (Å²) in [6.45, 7) is 20.7. The SMILES string of the molecule is COCOc1cc(-c2ncc3c(N4CC5CCC(C4)N5C(=O)OC(C)(C)C)nc(=O)n4c3c2SCC4)c2c(C#C[Si](C(C)C)(C(C)C)C(C)C)c(F)ccc2c1. The van der Waals surface area contributed by atoms with E-state index in [1.54, 1.807) is 35.7 Å². The third-order valence-electron chi connectivity index (χ3n) is 11.8. The Morgan fingerprint density at radius 2 is 1.73 bits per heavy atom. The topological polar surface area (TPSA) is 99.0 Å². The van der Waals surface area contributed by atoms with Gasteiger partial charge in [0.2, 0.25) is 0 Å². The van der Waals surface area contributed by atoms with E-state index in [0.717, 1.165) is 34.0 Å². The van der Waals surface area contributed by atoms with Crippen molar-refractivity contribution in [3.05, 3.63) is 52.3 Å². The number of anilines is 1. The molecule has 3 aliphatic rings. The number of methoxy groups -OCH3 is 1. The van der Waals surface area contributed by atoms with Crippen LogP contribution < -0.4 is 15.3 Å². The number of piperazine rings is 1. The normalized spacial score (nSPS) is 18.3. The maximum atomic E-state index is 16.3. The Morgan fingerprint density at radius 3 is 2.36 bits per heavy atom. The summed E-state index contributed by atoms with van der Waals surface area (Å²) in [4.78, 5) is 41.8. The van der Waals surface area contributed by atoms with E-state index >= 15 is 4.39 Å². The zero-order valence-electron chi connectivity index (χ0n) is 34.3. The van der Waals surface area contributed by atoms with Crippen LogP contribution in [0.3, 0.4) is 0 Å². The van der Waals surface area contributed by atoms with Crippen molar-refractivity contribution in [2.75, 3.05) is 37.6 Å². The van der Waals surface area contributed by atoms with Gasteiger partial charge in [-0.15, -0.1) is 17.3 Å². The minimum atomic E-state index is -2.22. The number of nitrogens with zero attached hydrogens (tertiary/aromatic N) is 5. The summed E-state index contributed by atoms with van der Waals surface area (Å²) in [5.41, 5.74) is 6.36. The molecule has 2 atom stereocenters. The van der Waals surface area contributed by atoms with Gasteiger partial charge in [0, 0.05) is 49.6 Å². The van der Waals surface area contributed by atoms with Gasteiger partial charge in [-0.2, -0.15) is 4.98 Å². The predicted molar refractivity (Wildman–Crippen MR) is 225 cm³/mol. The molecule has 2 aromatic carbocycles. The molecule has 2 aromatic heterocycles. The van der Waals surface area contributed by atoms with Gasteiger partial charge in [0.15, 0.2) is 6.79 Å². The van der Waals surface area contributed by atoms with E-state index in [1.807, 2.05) is 37.8 Å². The number of amides is 1. The summed E-state index contributed by atoms with van der Waals surface area (Å²) in [5, 5.41) is 2.20. The number of ether oxygens (including phenoxy) is 3. The second kappa shape index (κ2) is 15.3. The lowest BCUT2D eigenvalue weighted by Crippen LogP contribution is -2.57. The van der Waals surface area contributed by atoms with Gasteiger partial charge in [0.05, 0.1) is 39.1 Å². The van der Waals surface area contributed by atoms with Gasteiger partial charge in [-0.3, -0.25) is 14.5 Å². The number of hydrogen-bond donors (Lipinski definition) is 0. The molecule has 2 bridgehead atoms. The Kier molecular flexibility index (Phi) is 11.0. The van der Waals surface area contributed by atoms with Gasteiger partial charge >= 0.3 is 11.8 Å². The van der Waals surface area contributed by atoms with Crippen LogP contribution in [0.2, 0.25) is 16.6 Å². The molecule has 1 amide bonds. The van der Waals surface area contributed by atoms with Crippen LogP contribution >= 0.6 is 11.8 Å². The molecule has 2 saturated heterocycles. The van der Waals surface area contributed by atoms with Crippen LogP contribution in [0.1, 0.15) is 80.7 Å². The van der Waals surface area contributed by atoms with Crippen molar-refractivity contribution in [2.45, 2.75) is 121 Å². The minimum absolute atomic E-state index is 0.0363. The fourth-order valence-electron chi connectivity index (χ4n) is 9.46. The molecule has 3 aliphatic heterocycles. The maximum Gasteiger partial charge on any atom is 0.410 e. The number of rotatable bonds is 8. The molecule has 0 spiro atoms. The van der Waals surface area contributed by atoms with E-state index in [4.69, 9.17) is 19.2 Å². The number of hydrogen-bond acceptors (Lipinski definition) is 9. The van der Waals surface area contributed by atoms with Crippen LogP contribution in [0, 0.1) is 17.3 Å². The Morgan fingerprint density at radius 1 is 1.05 bits per heavy atom. The van der Waals surface area contributed by atoms with Gasteiger partial charge in [-0.1, -0.05) is 53.5 Å². The van der Waals surface area contributed by atoms with Crippen molar-refractivity contribution in [1.82, 2.24) is 19.4 Å². The average molecular weight is 800 g/mol. The van der Waals surface area contributed by atoms with Gasteiger partial charge in [-0.05, 0) is 73.8 Å². The van der Waals surface area contributed by atoms with Gasteiger partial charge in [0.25, 0.3) is 0 Å². The van der Waals surface area contributed by atoms with Gasteiger partial charge < -0.3 is 19.1 Å². The number of carbonyl (C=O) groups excluding carboxylic acids is 1. The smallest absolute Gasteiger partial charge is 0.410 e. The first-order chi connectivity index (χ1) is 26.5. The largest absolute Gasteiger partial charge is 0.468 e. The van der Waals surface area contributed by atoms with Crippen LogP contribution in [-0.4, -0.2) is 84.0 Å². The fraction of sp³-hybridized carbons (Fsp3) is 0.535. The monoisotopic (exact) mass is 799 g/mol. The average Bonchev–Trinajstić information content (AvgIpc) is 3.41. The number of aryl methyl sites for hydroxylation is 1. The zero-order chi connectivity index (χ0) is 40.3. The highest BCUT2D eigenvalue weighted by molar-refractivity contribution is 7.99. The van der Waals surface area contributed by atoms with Crippen molar-refractivity contribution in [1.29, 1.82) is 0 Å². The zero-order valence-corrected chi connectivity index (χ0v) is 36.1. The van der Waals surface area contributed by atoms with E-state index in [9.17, 15) is 9.59 Å². The Balaban J connectivity index is 1.41. The molecule has 0 saturated carbocycles. The first-order valence-electron chi connectivity index (χ1n) is 19.8. The highest BCUT2D eigenvalue weighted by Crippen LogP contribution is 2.46. The molecule has 2 unspecified atom stereocenters. The number of thioether (sulfide) groups is 1. The summed E-state index contributed by atoms with van der Waals surface area (Å²) in [7, 11) is -0.653. The minimum Gasteiger partial charge on any atom is -0.468 e.